The van der Waals surface area contributed by atoms with E-state index in [0.29, 0.717) is 0 Å². The minimum Gasteiger partial charge on any atom is -0.356 e. The fourth-order valence-electron chi connectivity index (χ4n) is 1.76. The standard InChI is InChI=1S/C14H18BrN3S2.HI/c1-10-6-8-19-12(10)9-18-14(16-2)17-7-5-11-3-4-13(15)20-11;/h3-4,6,8H,5,7,9H2,1-2H3,(H2,16,17,18);1H. The van der Waals surface area contributed by atoms with Gasteiger partial charge in [-0.15, -0.1) is 46.7 Å². The molecule has 0 aromatic carbocycles. The molecule has 21 heavy (non-hydrogen) atoms. The average molecular weight is 500 g/mol. The van der Waals surface area contributed by atoms with Crippen LogP contribution in [0.25, 0.3) is 0 Å². The molecule has 0 unspecified atom stereocenters. The third-order valence-corrected chi connectivity index (χ3v) is 5.61. The van der Waals surface area contributed by atoms with Gasteiger partial charge in [-0.2, -0.15) is 0 Å². The molecule has 2 rings (SSSR count). The number of aliphatic imine (C=N–C) groups is 1. The van der Waals surface area contributed by atoms with Gasteiger partial charge in [0.2, 0.25) is 0 Å². The second-order valence-corrected chi connectivity index (χ2v) is 7.88. The van der Waals surface area contributed by atoms with Gasteiger partial charge in [-0.05, 0) is 58.4 Å². The van der Waals surface area contributed by atoms with Crippen LogP contribution in [-0.4, -0.2) is 19.6 Å². The first-order valence-electron chi connectivity index (χ1n) is 6.40. The van der Waals surface area contributed by atoms with Crippen molar-refractivity contribution >= 4 is 68.5 Å². The predicted molar refractivity (Wildman–Crippen MR) is 108 cm³/mol. The summed E-state index contributed by atoms with van der Waals surface area (Å²) in [5.41, 5.74) is 1.33. The van der Waals surface area contributed by atoms with Crippen molar-refractivity contribution in [2.75, 3.05) is 13.6 Å². The van der Waals surface area contributed by atoms with Crippen LogP contribution in [0.2, 0.25) is 0 Å². The SMILES string of the molecule is CN=C(NCCc1ccc(Br)s1)NCc1sccc1C.I. The molecule has 0 bridgehead atoms. The quantitative estimate of drug-likeness (QED) is 0.363. The van der Waals surface area contributed by atoms with Crippen LogP contribution in [0.4, 0.5) is 0 Å². The van der Waals surface area contributed by atoms with Gasteiger partial charge in [-0.25, -0.2) is 0 Å². The summed E-state index contributed by atoms with van der Waals surface area (Å²) in [6.45, 7) is 3.85. The molecule has 0 saturated heterocycles. The first kappa shape index (κ1) is 18.9. The Morgan fingerprint density at radius 2 is 2.10 bits per heavy atom. The smallest absolute Gasteiger partial charge is 0.191 e. The number of hydrogen-bond donors (Lipinski definition) is 2. The lowest BCUT2D eigenvalue weighted by atomic mass is 10.3. The van der Waals surface area contributed by atoms with Crippen LogP contribution >= 0.6 is 62.6 Å². The van der Waals surface area contributed by atoms with E-state index in [1.807, 2.05) is 0 Å². The second kappa shape index (κ2) is 9.81. The summed E-state index contributed by atoms with van der Waals surface area (Å²) in [6, 6.07) is 6.39. The third kappa shape index (κ3) is 6.25. The van der Waals surface area contributed by atoms with E-state index in [4.69, 9.17) is 0 Å². The highest BCUT2D eigenvalue weighted by Crippen LogP contribution is 2.22. The highest BCUT2D eigenvalue weighted by atomic mass is 127. The highest BCUT2D eigenvalue weighted by Gasteiger charge is 2.02. The molecule has 0 fully saturated rings. The van der Waals surface area contributed by atoms with Gasteiger partial charge in [0.1, 0.15) is 0 Å². The number of nitrogens with one attached hydrogen (secondary N) is 2. The van der Waals surface area contributed by atoms with Crippen LogP contribution in [0, 0.1) is 6.92 Å². The summed E-state index contributed by atoms with van der Waals surface area (Å²) < 4.78 is 1.18. The van der Waals surface area contributed by atoms with Gasteiger partial charge in [0.05, 0.1) is 10.3 Å². The van der Waals surface area contributed by atoms with Crippen LogP contribution in [0.1, 0.15) is 15.3 Å². The minimum absolute atomic E-state index is 0. The maximum Gasteiger partial charge on any atom is 0.191 e. The van der Waals surface area contributed by atoms with Gasteiger partial charge in [0.25, 0.3) is 0 Å². The Morgan fingerprint density at radius 3 is 2.67 bits per heavy atom. The van der Waals surface area contributed by atoms with Crippen molar-refractivity contribution in [1.82, 2.24) is 10.6 Å². The summed E-state index contributed by atoms with van der Waals surface area (Å²) in [5.74, 6) is 0.855. The number of nitrogens with zero attached hydrogens (tertiary/aromatic N) is 1. The Bertz CT molecular complexity index is 580. The molecule has 0 saturated carbocycles. The fraction of sp³-hybridized carbons (Fsp3) is 0.357. The molecular weight excluding hydrogens is 481 g/mol. The topological polar surface area (TPSA) is 36.4 Å². The molecule has 0 aliphatic rings. The second-order valence-electron chi connectivity index (χ2n) is 4.34. The van der Waals surface area contributed by atoms with Crippen molar-refractivity contribution in [3.8, 4) is 0 Å². The van der Waals surface area contributed by atoms with E-state index < -0.39 is 0 Å². The number of rotatable bonds is 5. The van der Waals surface area contributed by atoms with Gasteiger partial charge in [0.15, 0.2) is 5.96 Å². The van der Waals surface area contributed by atoms with Crippen molar-refractivity contribution in [2.24, 2.45) is 4.99 Å². The number of aryl methyl sites for hydroxylation is 1. The fourth-order valence-corrected chi connectivity index (χ4v) is 4.09. The van der Waals surface area contributed by atoms with Crippen molar-refractivity contribution in [3.63, 3.8) is 0 Å². The molecule has 116 valence electrons. The molecule has 2 heterocycles. The van der Waals surface area contributed by atoms with E-state index in [0.717, 1.165) is 25.5 Å². The zero-order valence-corrected chi connectivity index (χ0v) is 17.5. The van der Waals surface area contributed by atoms with Gasteiger partial charge >= 0.3 is 0 Å². The first-order valence-corrected chi connectivity index (χ1v) is 8.89. The monoisotopic (exact) mass is 499 g/mol. The molecule has 0 radical (unpaired) electrons. The lowest BCUT2D eigenvalue weighted by Gasteiger charge is -2.11. The van der Waals surface area contributed by atoms with E-state index in [2.05, 4.69) is 62.1 Å². The molecule has 0 amide bonds. The normalized spacial score (nSPS) is 11.1. The maximum atomic E-state index is 4.25. The zero-order valence-electron chi connectivity index (χ0n) is 12.0. The highest BCUT2D eigenvalue weighted by molar-refractivity contribution is 14.0. The number of thiophene rings is 2. The van der Waals surface area contributed by atoms with Crippen molar-refractivity contribution in [2.45, 2.75) is 19.9 Å². The van der Waals surface area contributed by atoms with Gasteiger partial charge < -0.3 is 10.6 Å². The Morgan fingerprint density at radius 1 is 1.29 bits per heavy atom. The Balaban J connectivity index is 0.00000220. The van der Waals surface area contributed by atoms with Crippen LogP contribution in [0.15, 0.2) is 32.4 Å². The number of halogens is 2. The van der Waals surface area contributed by atoms with Crippen LogP contribution < -0.4 is 10.6 Å². The number of guanidine groups is 1. The summed E-state index contributed by atoms with van der Waals surface area (Å²) in [7, 11) is 1.80. The molecular formula is C14H19BrIN3S2. The number of hydrogen-bond acceptors (Lipinski definition) is 3. The Kier molecular flexibility index (Phi) is 8.84. The van der Waals surface area contributed by atoms with Gasteiger partial charge in [-0.1, -0.05) is 0 Å². The average Bonchev–Trinajstić information content (AvgIpc) is 3.03. The van der Waals surface area contributed by atoms with E-state index in [1.165, 1.54) is 19.1 Å². The molecule has 2 aromatic heterocycles. The molecule has 2 aromatic rings. The van der Waals surface area contributed by atoms with Crippen LogP contribution in [0.5, 0.6) is 0 Å². The molecule has 0 spiro atoms. The minimum atomic E-state index is 0. The van der Waals surface area contributed by atoms with Crippen molar-refractivity contribution in [1.29, 1.82) is 0 Å². The summed E-state index contributed by atoms with van der Waals surface area (Å²) >= 11 is 7.04. The summed E-state index contributed by atoms with van der Waals surface area (Å²) in [4.78, 5) is 6.97. The van der Waals surface area contributed by atoms with E-state index in [1.54, 1.807) is 29.7 Å². The molecule has 0 atom stereocenters. The van der Waals surface area contributed by atoms with E-state index >= 15 is 0 Å². The van der Waals surface area contributed by atoms with Crippen LogP contribution in [-0.2, 0) is 13.0 Å². The lowest BCUT2D eigenvalue weighted by molar-refractivity contribution is 0.803. The van der Waals surface area contributed by atoms with Gasteiger partial charge in [0, 0.05) is 23.3 Å². The van der Waals surface area contributed by atoms with Gasteiger partial charge in [-0.3, -0.25) is 4.99 Å². The molecule has 0 aliphatic carbocycles. The Labute approximate surface area is 159 Å². The first-order chi connectivity index (χ1) is 9.69. The van der Waals surface area contributed by atoms with Crippen molar-refractivity contribution < 1.29 is 0 Å². The molecule has 7 heteroatoms. The third-order valence-electron chi connectivity index (χ3n) is 2.90. The lowest BCUT2D eigenvalue weighted by Crippen LogP contribution is -2.37. The summed E-state index contributed by atoms with van der Waals surface area (Å²) in [6.07, 6.45) is 1.01. The maximum absolute atomic E-state index is 4.25. The van der Waals surface area contributed by atoms with E-state index in [9.17, 15) is 0 Å². The predicted octanol–water partition coefficient (Wildman–Crippen LogP) is 4.41. The molecule has 3 nitrogen and oxygen atoms in total. The largest absolute Gasteiger partial charge is 0.356 e. The molecule has 0 aliphatic heterocycles. The molecule has 2 N–H and O–H groups in total. The zero-order chi connectivity index (χ0) is 14.4. The summed E-state index contributed by atoms with van der Waals surface area (Å²) in [5, 5.41) is 8.81. The van der Waals surface area contributed by atoms with Crippen molar-refractivity contribution in [3.05, 3.63) is 42.7 Å². The Hall–Kier alpha value is -0.120. The van der Waals surface area contributed by atoms with Crippen LogP contribution in [0.3, 0.4) is 0 Å². The van der Waals surface area contributed by atoms with E-state index in [-0.39, 0.29) is 24.0 Å².